The fourth-order valence-electron chi connectivity index (χ4n) is 3.25. The highest BCUT2D eigenvalue weighted by Gasteiger charge is 2.38. The number of piperazine rings is 1. The molecule has 6 heteroatoms. The summed E-state index contributed by atoms with van der Waals surface area (Å²) in [4.78, 5) is 28.3. The van der Waals surface area contributed by atoms with E-state index in [0.717, 1.165) is 18.4 Å². The molecule has 0 aliphatic carbocycles. The molecule has 1 N–H and O–H groups in total. The number of urea groups is 1. The van der Waals surface area contributed by atoms with Crippen molar-refractivity contribution in [1.29, 1.82) is 0 Å². The minimum absolute atomic E-state index is 0.00572. The van der Waals surface area contributed by atoms with Gasteiger partial charge in [-0.3, -0.25) is 4.79 Å². The summed E-state index contributed by atoms with van der Waals surface area (Å²) < 4.78 is 0. The highest BCUT2D eigenvalue weighted by Crippen LogP contribution is 2.34. The summed E-state index contributed by atoms with van der Waals surface area (Å²) in [7, 11) is 0. The van der Waals surface area contributed by atoms with Crippen LogP contribution in [0.2, 0.25) is 5.02 Å². The lowest BCUT2D eigenvalue weighted by atomic mass is 9.91. The van der Waals surface area contributed by atoms with Gasteiger partial charge in [-0.1, -0.05) is 24.6 Å². The summed E-state index contributed by atoms with van der Waals surface area (Å²) in [5.41, 5.74) is 2.28. The van der Waals surface area contributed by atoms with Gasteiger partial charge in [-0.15, -0.1) is 0 Å². The molecular formula is C17H22ClN3O2. The second kappa shape index (κ2) is 6.40. The third-order valence-corrected chi connectivity index (χ3v) is 5.01. The maximum Gasteiger partial charge on any atom is 0.318 e. The molecular weight excluding hydrogens is 314 g/mol. The number of hydrogen-bond acceptors (Lipinski definition) is 2. The number of nitrogens with one attached hydrogen (secondary N) is 1. The third kappa shape index (κ3) is 3.15. The normalized spacial score (nSPS) is 21.5. The van der Waals surface area contributed by atoms with Crippen LogP contribution in [-0.2, 0) is 11.2 Å². The van der Waals surface area contributed by atoms with Gasteiger partial charge in [0.15, 0.2) is 0 Å². The van der Waals surface area contributed by atoms with Crippen LogP contribution in [0.15, 0.2) is 18.2 Å². The topological polar surface area (TPSA) is 52.7 Å². The summed E-state index contributed by atoms with van der Waals surface area (Å²) in [5.74, 6) is 0.00572. The maximum absolute atomic E-state index is 12.5. The summed E-state index contributed by atoms with van der Waals surface area (Å²) >= 11 is 6.13. The van der Waals surface area contributed by atoms with E-state index in [9.17, 15) is 9.59 Å². The molecule has 0 saturated carbocycles. The van der Waals surface area contributed by atoms with Gasteiger partial charge in [-0.05, 0) is 43.0 Å². The zero-order valence-electron chi connectivity index (χ0n) is 13.5. The number of hydrogen-bond donors (Lipinski definition) is 1. The molecule has 2 unspecified atom stereocenters. The van der Waals surface area contributed by atoms with E-state index in [2.05, 4.69) is 5.32 Å². The van der Waals surface area contributed by atoms with Gasteiger partial charge in [0.1, 0.15) is 6.54 Å². The molecule has 2 atom stereocenters. The molecule has 1 aromatic carbocycles. The Morgan fingerprint density at radius 3 is 3.00 bits per heavy atom. The molecule has 1 saturated heterocycles. The molecule has 5 nitrogen and oxygen atoms in total. The standard InChI is InChI=1S/C17H22ClN3O2/c1-3-11(2)19-17(23)20-9-15-14-8-13(18)5-4-12(14)6-7-21(15)16(22)10-20/h4-5,8,11,15H,3,6-7,9-10H2,1-2H3,(H,19,23). The summed E-state index contributed by atoms with van der Waals surface area (Å²) in [6.07, 6.45) is 1.70. The number of halogens is 1. The highest BCUT2D eigenvalue weighted by atomic mass is 35.5. The molecule has 0 spiro atoms. The zero-order valence-corrected chi connectivity index (χ0v) is 14.3. The zero-order chi connectivity index (χ0) is 16.6. The van der Waals surface area contributed by atoms with Crippen molar-refractivity contribution in [3.05, 3.63) is 34.3 Å². The molecule has 2 aliphatic heterocycles. The number of carbonyl (C=O) groups excluding carboxylic acids is 2. The van der Waals surface area contributed by atoms with Crippen LogP contribution in [0, 0.1) is 0 Å². The van der Waals surface area contributed by atoms with E-state index in [4.69, 9.17) is 11.6 Å². The van der Waals surface area contributed by atoms with Gasteiger partial charge in [0.2, 0.25) is 5.91 Å². The van der Waals surface area contributed by atoms with Gasteiger partial charge < -0.3 is 15.1 Å². The van der Waals surface area contributed by atoms with Gasteiger partial charge in [-0.25, -0.2) is 4.79 Å². The lowest BCUT2D eigenvalue weighted by Crippen LogP contribution is -2.58. The van der Waals surface area contributed by atoms with Crippen LogP contribution in [0.1, 0.15) is 37.4 Å². The Hall–Kier alpha value is -1.75. The van der Waals surface area contributed by atoms with E-state index in [-0.39, 0.29) is 30.6 Å². The highest BCUT2D eigenvalue weighted by molar-refractivity contribution is 6.30. The fourth-order valence-corrected chi connectivity index (χ4v) is 3.43. The Labute approximate surface area is 141 Å². The molecule has 1 fully saturated rings. The molecule has 1 aromatic rings. The Bertz CT molecular complexity index is 634. The van der Waals surface area contributed by atoms with Crippen molar-refractivity contribution in [3.63, 3.8) is 0 Å². The average molecular weight is 336 g/mol. The maximum atomic E-state index is 12.5. The monoisotopic (exact) mass is 335 g/mol. The first kappa shape index (κ1) is 16.1. The molecule has 23 heavy (non-hydrogen) atoms. The molecule has 2 heterocycles. The number of fused-ring (bicyclic) bond motifs is 3. The lowest BCUT2D eigenvalue weighted by Gasteiger charge is -2.44. The second-order valence-corrected chi connectivity index (χ2v) is 6.77. The van der Waals surface area contributed by atoms with Crippen LogP contribution in [0.4, 0.5) is 4.79 Å². The Balaban J connectivity index is 1.84. The summed E-state index contributed by atoms with van der Waals surface area (Å²) in [6, 6.07) is 5.68. The van der Waals surface area contributed by atoms with E-state index in [0.29, 0.717) is 18.1 Å². The molecule has 0 aromatic heterocycles. The Kier molecular flexibility index (Phi) is 4.48. The SMILES string of the molecule is CCC(C)NC(=O)N1CC(=O)N2CCc3ccc(Cl)cc3C2C1. The van der Waals surface area contributed by atoms with Gasteiger partial charge in [-0.2, -0.15) is 0 Å². The Morgan fingerprint density at radius 1 is 1.48 bits per heavy atom. The van der Waals surface area contributed by atoms with E-state index in [1.807, 2.05) is 36.9 Å². The number of nitrogens with zero attached hydrogens (tertiary/aromatic N) is 2. The predicted octanol–water partition coefficient (Wildman–Crippen LogP) is 2.59. The fraction of sp³-hybridized carbons (Fsp3) is 0.529. The van der Waals surface area contributed by atoms with E-state index in [1.54, 1.807) is 4.90 Å². The number of carbonyl (C=O) groups is 2. The molecule has 0 bridgehead atoms. The number of amides is 3. The molecule has 3 amide bonds. The third-order valence-electron chi connectivity index (χ3n) is 4.77. The second-order valence-electron chi connectivity index (χ2n) is 6.34. The van der Waals surface area contributed by atoms with Crippen LogP contribution in [-0.4, -0.2) is 47.4 Å². The summed E-state index contributed by atoms with van der Waals surface area (Å²) in [6.45, 7) is 5.36. The van der Waals surface area contributed by atoms with E-state index < -0.39 is 0 Å². The van der Waals surface area contributed by atoms with Crippen molar-refractivity contribution in [1.82, 2.24) is 15.1 Å². The largest absolute Gasteiger partial charge is 0.336 e. The predicted molar refractivity (Wildman–Crippen MR) is 89.5 cm³/mol. The van der Waals surface area contributed by atoms with E-state index in [1.165, 1.54) is 5.56 Å². The number of rotatable bonds is 2. The first-order chi connectivity index (χ1) is 11.0. The molecule has 3 rings (SSSR count). The summed E-state index contributed by atoms with van der Waals surface area (Å²) in [5, 5.41) is 3.61. The van der Waals surface area contributed by atoms with Crippen LogP contribution in [0.5, 0.6) is 0 Å². The van der Waals surface area contributed by atoms with Crippen LogP contribution in [0.3, 0.4) is 0 Å². The van der Waals surface area contributed by atoms with E-state index >= 15 is 0 Å². The lowest BCUT2D eigenvalue weighted by molar-refractivity contribution is -0.139. The van der Waals surface area contributed by atoms with Crippen molar-refractivity contribution in [2.45, 2.75) is 38.8 Å². The van der Waals surface area contributed by atoms with Gasteiger partial charge >= 0.3 is 6.03 Å². The Morgan fingerprint density at radius 2 is 2.26 bits per heavy atom. The van der Waals surface area contributed by atoms with Gasteiger partial charge in [0.25, 0.3) is 0 Å². The minimum atomic E-state index is -0.165. The average Bonchev–Trinajstić information content (AvgIpc) is 2.54. The first-order valence-corrected chi connectivity index (χ1v) is 8.50. The molecule has 0 radical (unpaired) electrons. The minimum Gasteiger partial charge on any atom is -0.336 e. The van der Waals surface area contributed by atoms with Gasteiger partial charge in [0.05, 0.1) is 6.04 Å². The first-order valence-electron chi connectivity index (χ1n) is 8.12. The van der Waals surface area contributed by atoms with Crippen LogP contribution >= 0.6 is 11.6 Å². The van der Waals surface area contributed by atoms with Crippen molar-refractivity contribution in [2.75, 3.05) is 19.6 Å². The van der Waals surface area contributed by atoms with Crippen molar-refractivity contribution in [2.24, 2.45) is 0 Å². The number of benzene rings is 1. The van der Waals surface area contributed by atoms with Crippen molar-refractivity contribution in [3.8, 4) is 0 Å². The van der Waals surface area contributed by atoms with Crippen LogP contribution < -0.4 is 5.32 Å². The van der Waals surface area contributed by atoms with Crippen molar-refractivity contribution >= 4 is 23.5 Å². The van der Waals surface area contributed by atoms with Crippen LogP contribution in [0.25, 0.3) is 0 Å². The van der Waals surface area contributed by atoms with Crippen molar-refractivity contribution < 1.29 is 9.59 Å². The quantitative estimate of drug-likeness (QED) is 0.903. The smallest absolute Gasteiger partial charge is 0.318 e. The molecule has 2 aliphatic rings. The van der Waals surface area contributed by atoms with Gasteiger partial charge in [0, 0.05) is 24.2 Å². The molecule has 124 valence electrons.